The Labute approximate surface area is 86.9 Å². The summed E-state index contributed by atoms with van der Waals surface area (Å²) in [5.74, 6) is 0. The van der Waals surface area contributed by atoms with Gasteiger partial charge in [0.05, 0.1) is 0 Å². The van der Waals surface area contributed by atoms with Gasteiger partial charge < -0.3 is 10.2 Å². The van der Waals surface area contributed by atoms with Crippen LogP contribution in [-0.4, -0.2) is 20.1 Å². The topological polar surface area (TPSA) is 15.3 Å². The lowest BCUT2D eigenvalue weighted by atomic mass is 10.1. The van der Waals surface area contributed by atoms with E-state index in [9.17, 15) is 0 Å². The van der Waals surface area contributed by atoms with Crippen LogP contribution in [0.5, 0.6) is 0 Å². The summed E-state index contributed by atoms with van der Waals surface area (Å²) in [6.07, 6.45) is 0. The first-order valence-corrected chi connectivity index (χ1v) is 5.06. The molecule has 0 aliphatic rings. The Bertz CT molecular complexity index is 303. The fourth-order valence-electron chi connectivity index (χ4n) is 1.58. The van der Waals surface area contributed by atoms with Crippen molar-refractivity contribution in [1.82, 2.24) is 0 Å². The highest BCUT2D eigenvalue weighted by atomic mass is 15.1. The van der Waals surface area contributed by atoms with Crippen molar-refractivity contribution < 1.29 is 0 Å². The maximum absolute atomic E-state index is 3.44. The molecule has 0 aromatic heterocycles. The third-order valence-corrected chi connectivity index (χ3v) is 2.23. The molecule has 0 unspecified atom stereocenters. The van der Waals surface area contributed by atoms with E-state index in [1.807, 2.05) is 0 Å². The molecule has 0 saturated heterocycles. The second-order valence-corrected chi connectivity index (χ2v) is 4.14. The maximum atomic E-state index is 3.44. The van der Waals surface area contributed by atoms with Crippen molar-refractivity contribution in [3.05, 3.63) is 23.8 Å². The smallest absolute Gasteiger partial charge is 0.0411 e. The second-order valence-electron chi connectivity index (χ2n) is 4.14. The Morgan fingerprint density at radius 2 is 1.86 bits per heavy atom. The predicted molar refractivity (Wildman–Crippen MR) is 64.3 cm³/mol. The standard InChI is InChI=1S/C12H20N2/c1-9(2)13-11-7-6-8-12(10(11)3)14(4)5/h6-9,13H,1-5H3. The fraction of sp³-hybridized carbons (Fsp3) is 0.500. The van der Waals surface area contributed by atoms with Crippen LogP contribution in [0.25, 0.3) is 0 Å². The molecule has 0 radical (unpaired) electrons. The summed E-state index contributed by atoms with van der Waals surface area (Å²) in [5, 5.41) is 3.44. The van der Waals surface area contributed by atoms with Crippen LogP contribution >= 0.6 is 0 Å². The average Bonchev–Trinajstić information content (AvgIpc) is 2.07. The normalized spacial score (nSPS) is 10.4. The van der Waals surface area contributed by atoms with Crippen LogP contribution in [0.15, 0.2) is 18.2 Å². The van der Waals surface area contributed by atoms with Crippen molar-refractivity contribution in [3.8, 4) is 0 Å². The quantitative estimate of drug-likeness (QED) is 0.792. The highest BCUT2D eigenvalue weighted by molar-refractivity contribution is 5.65. The van der Waals surface area contributed by atoms with Crippen LogP contribution in [-0.2, 0) is 0 Å². The van der Waals surface area contributed by atoms with Gasteiger partial charge in [0.2, 0.25) is 0 Å². The van der Waals surface area contributed by atoms with Crippen LogP contribution in [0.1, 0.15) is 19.4 Å². The highest BCUT2D eigenvalue weighted by Crippen LogP contribution is 2.25. The SMILES string of the molecule is Cc1c(NC(C)C)cccc1N(C)C. The second kappa shape index (κ2) is 4.36. The molecule has 0 fully saturated rings. The summed E-state index contributed by atoms with van der Waals surface area (Å²) in [4.78, 5) is 2.14. The number of anilines is 2. The molecule has 0 heterocycles. The molecule has 1 N–H and O–H groups in total. The number of nitrogens with one attached hydrogen (secondary N) is 1. The number of nitrogens with zero attached hydrogens (tertiary/aromatic N) is 1. The first-order chi connectivity index (χ1) is 6.52. The molecule has 14 heavy (non-hydrogen) atoms. The Kier molecular flexibility index (Phi) is 3.39. The van der Waals surface area contributed by atoms with Gasteiger partial charge in [-0.05, 0) is 38.5 Å². The molecular weight excluding hydrogens is 172 g/mol. The monoisotopic (exact) mass is 192 g/mol. The predicted octanol–water partition coefficient (Wildman–Crippen LogP) is 2.88. The van der Waals surface area contributed by atoms with Crippen LogP contribution in [0.2, 0.25) is 0 Å². The van der Waals surface area contributed by atoms with Crippen LogP contribution in [0, 0.1) is 6.92 Å². The third kappa shape index (κ3) is 2.41. The molecule has 0 aliphatic heterocycles. The molecule has 0 aliphatic carbocycles. The minimum atomic E-state index is 0.478. The van der Waals surface area contributed by atoms with Gasteiger partial charge in [-0.15, -0.1) is 0 Å². The van der Waals surface area contributed by atoms with E-state index in [1.54, 1.807) is 0 Å². The molecule has 1 aromatic rings. The Hall–Kier alpha value is -1.18. The molecule has 2 heteroatoms. The lowest BCUT2D eigenvalue weighted by Crippen LogP contribution is -2.14. The summed E-state index contributed by atoms with van der Waals surface area (Å²) in [6, 6.07) is 6.84. The number of hydrogen-bond donors (Lipinski definition) is 1. The lowest BCUT2D eigenvalue weighted by molar-refractivity contribution is 0.897. The molecule has 0 atom stereocenters. The minimum absolute atomic E-state index is 0.478. The van der Waals surface area contributed by atoms with Gasteiger partial charge >= 0.3 is 0 Å². The average molecular weight is 192 g/mol. The van der Waals surface area contributed by atoms with Crippen molar-refractivity contribution in [1.29, 1.82) is 0 Å². The van der Waals surface area contributed by atoms with Crippen LogP contribution in [0.4, 0.5) is 11.4 Å². The van der Waals surface area contributed by atoms with Crippen molar-refractivity contribution >= 4 is 11.4 Å². The molecule has 1 rings (SSSR count). The van der Waals surface area contributed by atoms with Gasteiger partial charge in [0, 0.05) is 31.5 Å². The van der Waals surface area contributed by atoms with Crippen molar-refractivity contribution in [3.63, 3.8) is 0 Å². The van der Waals surface area contributed by atoms with Crippen molar-refractivity contribution in [2.24, 2.45) is 0 Å². The summed E-state index contributed by atoms with van der Waals surface area (Å²) >= 11 is 0. The van der Waals surface area contributed by atoms with E-state index in [0.29, 0.717) is 6.04 Å². The van der Waals surface area contributed by atoms with E-state index in [-0.39, 0.29) is 0 Å². The molecule has 0 spiro atoms. The lowest BCUT2D eigenvalue weighted by Gasteiger charge is -2.20. The fourth-order valence-corrected chi connectivity index (χ4v) is 1.58. The van der Waals surface area contributed by atoms with E-state index in [2.05, 4.69) is 63.3 Å². The van der Waals surface area contributed by atoms with Gasteiger partial charge in [0.25, 0.3) is 0 Å². The molecule has 0 saturated carbocycles. The number of rotatable bonds is 3. The molecule has 0 bridgehead atoms. The summed E-state index contributed by atoms with van der Waals surface area (Å²) in [5.41, 5.74) is 3.81. The molecule has 78 valence electrons. The molecule has 0 amide bonds. The van der Waals surface area contributed by atoms with E-state index in [4.69, 9.17) is 0 Å². The number of hydrogen-bond acceptors (Lipinski definition) is 2. The van der Waals surface area contributed by atoms with Crippen molar-refractivity contribution in [2.75, 3.05) is 24.3 Å². The van der Waals surface area contributed by atoms with Gasteiger partial charge in [-0.3, -0.25) is 0 Å². The first kappa shape index (κ1) is 10.9. The van der Waals surface area contributed by atoms with Crippen LogP contribution < -0.4 is 10.2 Å². The number of benzene rings is 1. The minimum Gasteiger partial charge on any atom is -0.383 e. The summed E-state index contributed by atoms with van der Waals surface area (Å²) in [6.45, 7) is 6.46. The maximum Gasteiger partial charge on any atom is 0.0411 e. The first-order valence-electron chi connectivity index (χ1n) is 5.06. The van der Waals surface area contributed by atoms with Crippen LogP contribution in [0.3, 0.4) is 0 Å². The van der Waals surface area contributed by atoms with E-state index in [0.717, 1.165) is 0 Å². The summed E-state index contributed by atoms with van der Waals surface area (Å²) < 4.78 is 0. The molecular formula is C12H20N2. The van der Waals surface area contributed by atoms with Crippen molar-refractivity contribution in [2.45, 2.75) is 26.8 Å². The molecule has 1 aromatic carbocycles. The van der Waals surface area contributed by atoms with E-state index in [1.165, 1.54) is 16.9 Å². The Morgan fingerprint density at radius 3 is 2.36 bits per heavy atom. The zero-order valence-electron chi connectivity index (χ0n) is 9.76. The zero-order valence-corrected chi connectivity index (χ0v) is 9.76. The Balaban J connectivity index is 3.01. The van der Waals surface area contributed by atoms with E-state index < -0.39 is 0 Å². The molecule has 2 nitrogen and oxygen atoms in total. The third-order valence-electron chi connectivity index (χ3n) is 2.23. The zero-order chi connectivity index (χ0) is 10.7. The van der Waals surface area contributed by atoms with Gasteiger partial charge in [-0.2, -0.15) is 0 Å². The van der Waals surface area contributed by atoms with Gasteiger partial charge in [0.15, 0.2) is 0 Å². The largest absolute Gasteiger partial charge is 0.383 e. The van der Waals surface area contributed by atoms with Gasteiger partial charge in [0.1, 0.15) is 0 Å². The van der Waals surface area contributed by atoms with E-state index >= 15 is 0 Å². The van der Waals surface area contributed by atoms with Gasteiger partial charge in [-0.25, -0.2) is 0 Å². The highest BCUT2D eigenvalue weighted by Gasteiger charge is 2.05. The summed E-state index contributed by atoms with van der Waals surface area (Å²) in [7, 11) is 4.14. The Morgan fingerprint density at radius 1 is 1.21 bits per heavy atom. The van der Waals surface area contributed by atoms with Gasteiger partial charge in [-0.1, -0.05) is 6.07 Å².